The summed E-state index contributed by atoms with van der Waals surface area (Å²) in [7, 11) is 0. The summed E-state index contributed by atoms with van der Waals surface area (Å²) in [6.45, 7) is 8.63. The van der Waals surface area contributed by atoms with E-state index in [1.165, 1.54) is 77.2 Å². The molecule has 342 valence electrons. The Bertz CT molecular complexity index is 3390. The third kappa shape index (κ3) is 10.8. The zero-order chi connectivity index (χ0) is 48.1. The van der Waals surface area contributed by atoms with Gasteiger partial charge in [-0.15, -0.1) is 0 Å². The molecule has 0 amide bonds. The normalized spacial score (nSPS) is 13.9. The summed E-state index contributed by atoms with van der Waals surface area (Å²) in [6.07, 6.45) is 24.5. The molecule has 0 radical (unpaired) electrons. The van der Waals surface area contributed by atoms with Crippen molar-refractivity contribution in [1.29, 1.82) is 0 Å². The molecule has 1 aliphatic rings. The minimum Gasteiger partial charge on any atom is -0.379 e. The van der Waals surface area contributed by atoms with Crippen molar-refractivity contribution in [3.8, 4) is 33.4 Å². The van der Waals surface area contributed by atoms with Crippen molar-refractivity contribution in [2.75, 3.05) is 10.2 Å². The van der Waals surface area contributed by atoms with Crippen LogP contribution in [0.25, 0.3) is 66.7 Å². The molecule has 0 spiro atoms. The van der Waals surface area contributed by atoms with Crippen LogP contribution in [0.1, 0.15) is 42.5 Å². The first-order chi connectivity index (χ1) is 34.5. The fourth-order valence-electron chi connectivity index (χ4n) is 9.43. The van der Waals surface area contributed by atoms with Crippen LogP contribution in [-0.4, -0.2) is 6.04 Å². The Morgan fingerprint density at radius 1 is 0.514 bits per heavy atom. The zero-order valence-corrected chi connectivity index (χ0v) is 40.6. The molecule has 10 rings (SSSR count). The highest BCUT2D eigenvalue weighted by Crippen LogP contribution is 2.43. The Morgan fingerprint density at radius 2 is 1.13 bits per heavy atom. The maximum Gasteiger partial charge on any atom is 0.0540 e. The van der Waals surface area contributed by atoms with Crippen LogP contribution in [0.5, 0.6) is 0 Å². The number of allylic oxidation sites excluding steroid dienone is 9. The van der Waals surface area contributed by atoms with Crippen molar-refractivity contribution in [3.63, 3.8) is 0 Å². The number of nitrogens with zero attached hydrogens (tertiary/aromatic N) is 1. The van der Waals surface area contributed by atoms with E-state index >= 15 is 0 Å². The molecule has 0 aromatic heterocycles. The second-order valence-corrected chi connectivity index (χ2v) is 17.7. The fourth-order valence-corrected chi connectivity index (χ4v) is 9.43. The molecule has 9 aromatic carbocycles. The molecule has 9 aromatic rings. The van der Waals surface area contributed by atoms with E-state index in [4.69, 9.17) is 0 Å². The van der Waals surface area contributed by atoms with E-state index < -0.39 is 0 Å². The van der Waals surface area contributed by atoms with Crippen LogP contribution in [0.4, 0.5) is 17.1 Å². The summed E-state index contributed by atoms with van der Waals surface area (Å²) < 4.78 is 0. The number of anilines is 3. The van der Waals surface area contributed by atoms with Gasteiger partial charge in [0, 0.05) is 28.4 Å². The van der Waals surface area contributed by atoms with Crippen molar-refractivity contribution in [2.45, 2.75) is 40.2 Å². The van der Waals surface area contributed by atoms with E-state index in [0.717, 1.165) is 29.2 Å². The molecule has 2 heteroatoms. The smallest absolute Gasteiger partial charge is 0.0540 e. The molecule has 1 aliphatic carbocycles. The molecular weight excluding hydrogens is 845 g/mol. The number of hydrogen-bond donors (Lipinski definition) is 1. The van der Waals surface area contributed by atoms with Gasteiger partial charge in [0.1, 0.15) is 0 Å². The third-order valence-electron chi connectivity index (χ3n) is 12.9. The van der Waals surface area contributed by atoms with Crippen molar-refractivity contribution >= 4 is 50.4 Å². The molecule has 1 atom stereocenters. The molecule has 0 saturated heterocycles. The molecule has 0 fully saturated rings. The SMILES string of the molecule is C/C=C\C=C/C/C=C\C=C/C(C)Nc1ccc(-c2ccc(N(/C3=C/C=C/c4ccccc4-c4cccc3c4C)c3cccc4ccccc34)cc2)cc1.Cc1cccc2cccc(-c3ccccc3)c12. The fraction of sp³-hybridized carbons (Fsp3) is 0.0882. The largest absolute Gasteiger partial charge is 0.379 e. The maximum atomic E-state index is 3.60. The van der Waals surface area contributed by atoms with Gasteiger partial charge in [0.15, 0.2) is 0 Å². The average molecular weight is 905 g/mol. The molecule has 0 saturated carbocycles. The topological polar surface area (TPSA) is 15.3 Å². The Hall–Kier alpha value is -8.46. The first kappa shape index (κ1) is 46.6. The predicted molar refractivity (Wildman–Crippen MR) is 306 cm³/mol. The highest BCUT2D eigenvalue weighted by atomic mass is 15.2. The molecule has 0 aliphatic heterocycles. The van der Waals surface area contributed by atoms with Gasteiger partial charge < -0.3 is 10.2 Å². The molecule has 70 heavy (non-hydrogen) atoms. The second-order valence-electron chi connectivity index (χ2n) is 17.7. The van der Waals surface area contributed by atoms with Gasteiger partial charge in [-0.1, -0.05) is 231 Å². The molecular formula is C68H60N2. The van der Waals surface area contributed by atoms with Gasteiger partial charge in [-0.25, -0.2) is 0 Å². The summed E-state index contributed by atoms with van der Waals surface area (Å²) in [4.78, 5) is 2.43. The van der Waals surface area contributed by atoms with Crippen molar-refractivity contribution in [1.82, 2.24) is 0 Å². The van der Waals surface area contributed by atoms with E-state index in [9.17, 15) is 0 Å². The van der Waals surface area contributed by atoms with Crippen LogP contribution in [0.3, 0.4) is 0 Å². The summed E-state index contributed by atoms with van der Waals surface area (Å²) in [6, 6.07) is 72.1. The van der Waals surface area contributed by atoms with Gasteiger partial charge in [-0.05, 0) is 137 Å². The van der Waals surface area contributed by atoms with Gasteiger partial charge in [0.05, 0.1) is 11.4 Å². The van der Waals surface area contributed by atoms with Crippen LogP contribution >= 0.6 is 0 Å². The molecule has 0 heterocycles. The summed E-state index contributed by atoms with van der Waals surface area (Å²) >= 11 is 0. The molecule has 1 N–H and O–H groups in total. The van der Waals surface area contributed by atoms with Crippen molar-refractivity contribution < 1.29 is 0 Å². The first-order valence-corrected chi connectivity index (χ1v) is 24.4. The highest BCUT2D eigenvalue weighted by Gasteiger charge is 2.22. The monoisotopic (exact) mass is 904 g/mol. The van der Waals surface area contributed by atoms with E-state index in [0.29, 0.717) is 0 Å². The van der Waals surface area contributed by atoms with Gasteiger partial charge in [0.25, 0.3) is 0 Å². The third-order valence-corrected chi connectivity index (χ3v) is 12.9. The van der Waals surface area contributed by atoms with Gasteiger partial charge in [-0.3, -0.25) is 0 Å². The number of rotatable bonds is 12. The van der Waals surface area contributed by atoms with Crippen molar-refractivity contribution in [2.24, 2.45) is 0 Å². The zero-order valence-electron chi connectivity index (χ0n) is 40.6. The van der Waals surface area contributed by atoms with Crippen LogP contribution in [0.2, 0.25) is 0 Å². The van der Waals surface area contributed by atoms with Crippen LogP contribution < -0.4 is 10.2 Å². The number of fused-ring (bicyclic) bond motifs is 6. The van der Waals surface area contributed by atoms with Crippen LogP contribution in [-0.2, 0) is 0 Å². The predicted octanol–water partition coefficient (Wildman–Crippen LogP) is 18.9. The second kappa shape index (κ2) is 22.6. The van der Waals surface area contributed by atoms with Gasteiger partial charge in [0.2, 0.25) is 0 Å². The molecule has 2 nitrogen and oxygen atoms in total. The van der Waals surface area contributed by atoms with Crippen LogP contribution in [0, 0.1) is 13.8 Å². The minimum atomic E-state index is 0.212. The average Bonchev–Trinajstić information content (AvgIpc) is 3.42. The maximum absolute atomic E-state index is 3.60. The van der Waals surface area contributed by atoms with Crippen LogP contribution in [0.15, 0.2) is 261 Å². The van der Waals surface area contributed by atoms with Gasteiger partial charge in [-0.2, -0.15) is 0 Å². The van der Waals surface area contributed by atoms with E-state index in [2.05, 4.69) is 286 Å². The number of nitrogens with one attached hydrogen (secondary N) is 1. The van der Waals surface area contributed by atoms with E-state index in [1.807, 2.05) is 19.1 Å². The Kier molecular flexibility index (Phi) is 15.0. The van der Waals surface area contributed by atoms with E-state index in [-0.39, 0.29) is 6.04 Å². The Morgan fingerprint density at radius 3 is 1.93 bits per heavy atom. The number of hydrogen-bond acceptors (Lipinski definition) is 2. The molecule has 1 unspecified atom stereocenters. The lowest BCUT2D eigenvalue weighted by Crippen LogP contribution is -2.17. The lowest BCUT2D eigenvalue weighted by molar-refractivity contribution is 0.998. The lowest BCUT2D eigenvalue weighted by atomic mass is 9.92. The standard InChI is InChI=1S/C51H46N2.C17H14/c1-4-5-6-7-8-9-10-11-19-38(2)52-44-34-30-40(31-35-44)41-32-36-45(37-33-41)53(51-29-17-23-43-21-13-15-25-49(43)51)50-28-16-22-42-20-12-14-24-48(42)46-26-18-27-47(50)39(46)3;1-13-7-5-10-15-11-6-12-16(17(13)15)14-8-3-2-4-9-14/h4-7,9-38,52H,8H2,1-3H3;2-12H,1H3/b5-4-,7-6-,10-9-,19-11-,22-16+,50-28+;. The molecule has 2 bridgehead atoms. The Balaban J connectivity index is 0.000000299. The number of aryl methyl sites for hydroxylation is 1. The Labute approximate surface area is 415 Å². The van der Waals surface area contributed by atoms with Gasteiger partial charge >= 0.3 is 0 Å². The quantitative estimate of drug-likeness (QED) is 0.123. The summed E-state index contributed by atoms with van der Waals surface area (Å²) in [5.74, 6) is 0. The number of benzene rings is 9. The minimum absolute atomic E-state index is 0.212. The van der Waals surface area contributed by atoms with E-state index in [1.54, 1.807) is 0 Å². The first-order valence-electron chi connectivity index (χ1n) is 24.4. The summed E-state index contributed by atoms with van der Waals surface area (Å²) in [5, 5.41) is 8.70. The summed E-state index contributed by atoms with van der Waals surface area (Å²) in [5.41, 5.74) is 17.0. The highest BCUT2D eigenvalue weighted by molar-refractivity contribution is 6.03. The lowest BCUT2D eigenvalue weighted by Gasteiger charge is -2.30. The van der Waals surface area contributed by atoms with Crippen molar-refractivity contribution in [3.05, 3.63) is 283 Å².